The normalized spacial score (nSPS) is 24.4. The number of aryl methyl sites for hydroxylation is 1. The SMILES string of the molecule is Cc1nc(N2CCOCC2)ccc1NC(=O)[C@H]1CCCO[C@H]1C(C)C. The van der Waals surface area contributed by atoms with Crippen molar-refractivity contribution in [3.63, 3.8) is 0 Å². The van der Waals surface area contributed by atoms with E-state index in [4.69, 9.17) is 9.47 Å². The van der Waals surface area contributed by atoms with E-state index in [2.05, 4.69) is 29.0 Å². The van der Waals surface area contributed by atoms with Crippen LogP contribution < -0.4 is 10.2 Å². The van der Waals surface area contributed by atoms with Gasteiger partial charge >= 0.3 is 0 Å². The highest BCUT2D eigenvalue weighted by Crippen LogP contribution is 2.28. The van der Waals surface area contributed by atoms with E-state index in [9.17, 15) is 4.79 Å². The van der Waals surface area contributed by atoms with Crippen LogP contribution >= 0.6 is 0 Å². The van der Waals surface area contributed by atoms with Gasteiger partial charge in [-0.05, 0) is 37.8 Å². The van der Waals surface area contributed by atoms with E-state index in [1.165, 1.54) is 0 Å². The summed E-state index contributed by atoms with van der Waals surface area (Å²) in [6.45, 7) is 10.1. The van der Waals surface area contributed by atoms with Gasteiger partial charge < -0.3 is 19.7 Å². The monoisotopic (exact) mass is 347 g/mol. The molecular formula is C19H29N3O3. The van der Waals surface area contributed by atoms with E-state index in [0.29, 0.717) is 5.92 Å². The van der Waals surface area contributed by atoms with Crippen molar-refractivity contribution in [3.05, 3.63) is 17.8 Å². The number of pyridine rings is 1. The standard InChI is InChI=1S/C19H29N3O3/c1-13(2)18-15(5-4-10-25-18)19(23)21-16-6-7-17(20-14(16)3)22-8-11-24-12-9-22/h6-7,13,15,18H,4-5,8-12H2,1-3H3,(H,21,23)/t15-,18-/m0/s1. The van der Waals surface area contributed by atoms with Gasteiger partial charge in [-0.2, -0.15) is 0 Å². The minimum Gasteiger partial charge on any atom is -0.378 e. The number of amides is 1. The van der Waals surface area contributed by atoms with Crippen molar-refractivity contribution in [2.24, 2.45) is 11.8 Å². The molecule has 6 nitrogen and oxygen atoms in total. The molecule has 1 aromatic rings. The van der Waals surface area contributed by atoms with Crippen LogP contribution in [0, 0.1) is 18.8 Å². The number of aromatic nitrogens is 1. The quantitative estimate of drug-likeness (QED) is 0.907. The summed E-state index contributed by atoms with van der Waals surface area (Å²) in [6.07, 6.45) is 1.82. The van der Waals surface area contributed by atoms with E-state index < -0.39 is 0 Å². The highest BCUT2D eigenvalue weighted by molar-refractivity contribution is 5.93. The third kappa shape index (κ3) is 4.30. The summed E-state index contributed by atoms with van der Waals surface area (Å²) in [5.41, 5.74) is 1.63. The van der Waals surface area contributed by atoms with Gasteiger partial charge in [0.2, 0.25) is 5.91 Å². The average molecular weight is 347 g/mol. The Balaban J connectivity index is 1.68. The number of anilines is 2. The molecular weight excluding hydrogens is 318 g/mol. The molecule has 2 fully saturated rings. The highest BCUT2D eigenvalue weighted by atomic mass is 16.5. The Morgan fingerprint density at radius 3 is 2.72 bits per heavy atom. The molecule has 0 aromatic carbocycles. The molecule has 2 aliphatic heterocycles. The second-order valence-electron chi connectivity index (χ2n) is 7.22. The first-order valence-corrected chi connectivity index (χ1v) is 9.29. The van der Waals surface area contributed by atoms with Crippen LogP contribution in [0.5, 0.6) is 0 Å². The van der Waals surface area contributed by atoms with Crippen LogP contribution in [0.4, 0.5) is 11.5 Å². The van der Waals surface area contributed by atoms with Crippen LogP contribution in [0.2, 0.25) is 0 Å². The lowest BCUT2D eigenvalue weighted by Crippen LogP contribution is -2.41. The smallest absolute Gasteiger partial charge is 0.230 e. The summed E-state index contributed by atoms with van der Waals surface area (Å²) in [5, 5.41) is 3.07. The van der Waals surface area contributed by atoms with Gasteiger partial charge in [-0.3, -0.25) is 4.79 Å². The fourth-order valence-corrected chi connectivity index (χ4v) is 3.61. The summed E-state index contributed by atoms with van der Waals surface area (Å²) < 4.78 is 11.2. The second kappa shape index (κ2) is 8.15. The molecule has 0 spiro atoms. The Labute approximate surface area is 149 Å². The van der Waals surface area contributed by atoms with E-state index in [0.717, 1.165) is 63.0 Å². The van der Waals surface area contributed by atoms with Crippen molar-refractivity contribution >= 4 is 17.4 Å². The molecule has 0 saturated carbocycles. The molecule has 0 bridgehead atoms. The van der Waals surface area contributed by atoms with E-state index in [-0.39, 0.29) is 17.9 Å². The number of hydrogen-bond acceptors (Lipinski definition) is 5. The van der Waals surface area contributed by atoms with Gasteiger partial charge in [-0.25, -0.2) is 4.98 Å². The molecule has 138 valence electrons. The van der Waals surface area contributed by atoms with Crippen LogP contribution in [-0.2, 0) is 14.3 Å². The number of morpholine rings is 1. The molecule has 1 N–H and O–H groups in total. The zero-order valence-electron chi connectivity index (χ0n) is 15.5. The Morgan fingerprint density at radius 2 is 2.04 bits per heavy atom. The zero-order chi connectivity index (χ0) is 17.8. The molecule has 2 saturated heterocycles. The third-order valence-corrected chi connectivity index (χ3v) is 5.02. The van der Waals surface area contributed by atoms with E-state index >= 15 is 0 Å². The molecule has 6 heteroatoms. The van der Waals surface area contributed by atoms with Crippen molar-refractivity contribution in [1.29, 1.82) is 0 Å². The van der Waals surface area contributed by atoms with E-state index in [1.54, 1.807) is 0 Å². The lowest BCUT2D eigenvalue weighted by Gasteiger charge is -2.33. The summed E-state index contributed by atoms with van der Waals surface area (Å²) in [5.74, 6) is 1.23. The van der Waals surface area contributed by atoms with Crippen molar-refractivity contribution in [2.75, 3.05) is 43.1 Å². The minimum atomic E-state index is -0.0907. The lowest BCUT2D eigenvalue weighted by atomic mass is 9.86. The van der Waals surface area contributed by atoms with Crippen LogP contribution in [0.25, 0.3) is 0 Å². The van der Waals surface area contributed by atoms with Gasteiger partial charge in [0.1, 0.15) is 5.82 Å². The maximum atomic E-state index is 12.8. The molecule has 2 aliphatic rings. The second-order valence-corrected chi connectivity index (χ2v) is 7.22. The predicted octanol–water partition coefficient (Wildman–Crippen LogP) is 2.62. The highest BCUT2D eigenvalue weighted by Gasteiger charge is 2.34. The van der Waals surface area contributed by atoms with Crippen LogP contribution in [-0.4, -0.2) is 49.9 Å². The van der Waals surface area contributed by atoms with E-state index in [1.807, 2.05) is 19.1 Å². The fourth-order valence-electron chi connectivity index (χ4n) is 3.61. The van der Waals surface area contributed by atoms with Gasteiger partial charge in [0, 0.05) is 19.7 Å². The molecule has 0 unspecified atom stereocenters. The van der Waals surface area contributed by atoms with Gasteiger partial charge in [0.25, 0.3) is 0 Å². The number of rotatable bonds is 4. The van der Waals surface area contributed by atoms with Crippen molar-refractivity contribution in [3.8, 4) is 0 Å². The first-order valence-electron chi connectivity index (χ1n) is 9.29. The molecule has 0 aliphatic carbocycles. The molecule has 3 rings (SSSR count). The maximum Gasteiger partial charge on any atom is 0.230 e. The van der Waals surface area contributed by atoms with Gasteiger partial charge in [-0.15, -0.1) is 0 Å². The maximum absolute atomic E-state index is 12.8. The number of hydrogen-bond donors (Lipinski definition) is 1. The molecule has 25 heavy (non-hydrogen) atoms. The van der Waals surface area contributed by atoms with Crippen LogP contribution in [0.3, 0.4) is 0 Å². The van der Waals surface area contributed by atoms with Crippen LogP contribution in [0.1, 0.15) is 32.4 Å². The first-order chi connectivity index (χ1) is 12.1. The number of nitrogens with one attached hydrogen (secondary N) is 1. The number of nitrogens with zero attached hydrogens (tertiary/aromatic N) is 2. The van der Waals surface area contributed by atoms with Crippen molar-refractivity contribution in [2.45, 2.75) is 39.7 Å². The molecule has 3 heterocycles. The largest absolute Gasteiger partial charge is 0.378 e. The van der Waals surface area contributed by atoms with Crippen LogP contribution in [0.15, 0.2) is 12.1 Å². The zero-order valence-corrected chi connectivity index (χ0v) is 15.5. The molecule has 2 atom stereocenters. The van der Waals surface area contributed by atoms with Gasteiger partial charge in [-0.1, -0.05) is 13.8 Å². The summed E-state index contributed by atoms with van der Waals surface area (Å²) in [4.78, 5) is 19.7. The third-order valence-electron chi connectivity index (χ3n) is 5.02. The average Bonchev–Trinajstić information content (AvgIpc) is 2.64. The fraction of sp³-hybridized carbons (Fsp3) is 0.684. The summed E-state index contributed by atoms with van der Waals surface area (Å²) in [7, 11) is 0. The predicted molar refractivity (Wildman–Crippen MR) is 97.9 cm³/mol. The number of carbonyl (C=O) groups excluding carboxylic acids is 1. The molecule has 1 aromatic heterocycles. The van der Waals surface area contributed by atoms with Gasteiger partial charge in [0.05, 0.1) is 36.6 Å². The first kappa shape index (κ1) is 18.1. The summed E-state index contributed by atoms with van der Waals surface area (Å²) in [6, 6.07) is 3.93. The van der Waals surface area contributed by atoms with Gasteiger partial charge in [0.15, 0.2) is 0 Å². The lowest BCUT2D eigenvalue weighted by molar-refractivity contribution is -0.131. The Morgan fingerprint density at radius 1 is 1.28 bits per heavy atom. The van der Waals surface area contributed by atoms with Crippen molar-refractivity contribution in [1.82, 2.24) is 4.98 Å². The Hall–Kier alpha value is -1.66. The minimum absolute atomic E-state index is 0.00496. The molecule has 1 amide bonds. The number of ether oxygens (including phenoxy) is 2. The molecule has 0 radical (unpaired) electrons. The number of carbonyl (C=O) groups is 1. The van der Waals surface area contributed by atoms with Crippen molar-refractivity contribution < 1.29 is 14.3 Å². The Kier molecular flexibility index (Phi) is 5.91. The summed E-state index contributed by atoms with van der Waals surface area (Å²) >= 11 is 0. The Bertz CT molecular complexity index is 600. The topological polar surface area (TPSA) is 63.7 Å².